The van der Waals surface area contributed by atoms with Gasteiger partial charge in [-0.3, -0.25) is 4.79 Å². The van der Waals surface area contributed by atoms with E-state index in [2.05, 4.69) is 19.1 Å². The van der Waals surface area contributed by atoms with Crippen LogP contribution in [0.25, 0.3) is 0 Å². The van der Waals surface area contributed by atoms with E-state index in [4.69, 9.17) is 9.47 Å². The molecule has 3 nitrogen and oxygen atoms in total. The van der Waals surface area contributed by atoms with E-state index in [0.29, 0.717) is 18.8 Å². The van der Waals surface area contributed by atoms with Gasteiger partial charge in [-0.25, -0.2) is 0 Å². The van der Waals surface area contributed by atoms with Gasteiger partial charge in [-0.1, -0.05) is 19.1 Å². The number of benzene rings is 2. The van der Waals surface area contributed by atoms with Gasteiger partial charge in [-0.05, 0) is 55.3 Å². The molecule has 3 heteroatoms. The summed E-state index contributed by atoms with van der Waals surface area (Å²) in [5.41, 5.74) is 1.98. The first kappa shape index (κ1) is 15.1. The van der Waals surface area contributed by atoms with E-state index in [0.717, 1.165) is 17.9 Å². The fourth-order valence-corrected chi connectivity index (χ4v) is 1.93. The lowest BCUT2D eigenvalue weighted by Crippen LogP contribution is -2.09. The Morgan fingerprint density at radius 3 is 1.76 bits per heavy atom. The van der Waals surface area contributed by atoms with Crippen molar-refractivity contribution < 1.29 is 14.3 Å². The number of rotatable bonds is 7. The molecule has 0 atom stereocenters. The lowest BCUT2D eigenvalue weighted by molar-refractivity contribution is 0.101. The van der Waals surface area contributed by atoms with Crippen LogP contribution in [-0.4, -0.2) is 19.0 Å². The van der Waals surface area contributed by atoms with Crippen LogP contribution in [0.5, 0.6) is 11.5 Å². The standard InChI is InChI=1S/C18H20O3/c1-3-15-4-8-17(9-5-15)20-12-13-21-18-10-6-16(7-11-18)14(2)19/h4-11H,3,12-13H2,1-2H3. The summed E-state index contributed by atoms with van der Waals surface area (Å²) in [6.07, 6.45) is 1.03. The van der Waals surface area contributed by atoms with Crippen LogP contribution >= 0.6 is 0 Å². The van der Waals surface area contributed by atoms with Crippen LogP contribution in [0.15, 0.2) is 48.5 Å². The second-order valence-electron chi connectivity index (χ2n) is 4.77. The van der Waals surface area contributed by atoms with Crippen LogP contribution < -0.4 is 9.47 Å². The third kappa shape index (κ3) is 4.63. The Morgan fingerprint density at radius 1 is 0.857 bits per heavy atom. The van der Waals surface area contributed by atoms with Gasteiger partial charge >= 0.3 is 0 Å². The van der Waals surface area contributed by atoms with E-state index in [-0.39, 0.29) is 5.78 Å². The molecule has 0 saturated heterocycles. The Balaban J connectivity index is 1.74. The van der Waals surface area contributed by atoms with Crippen molar-refractivity contribution in [3.05, 3.63) is 59.7 Å². The monoisotopic (exact) mass is 284 g/mol. The molecule has 0 amide bonds. The normalized spacial score (nSPS) is 10.2. The van der Waals surface area contributed by atoms with Gasteiger partial charge in [0.05, 0.1) is 0 Å². The average Bonchev–Trinajstić information content (AvgIpc) is 2.52. The first-order valence-corrected chi connectivity index (χ1v) is 7.14. The van der Waals surface area contributed by atoms with E-state index < -0.39 is 0 Å². The van der Waals surface area contributed by atoms with E-state index in [1.807, 2.05) is 12.1 Å². The number of aryl methyl sites for hydroxylation is 1. The molecule has 0 spiro atoms. The third-order valence-electron chi connectivity index (χ3n) is 3.21. The van der Waals surface area contributed by atoms with Gasteiger partial charge < -0.3 is 9.47 Å². The Bertz CT molecular complexity index is 570. The maximum absolute atomic E-state index is 11.2. The highest BCUT2D eigenvalue weighted by atomic mass is 16.5. The van der Waals surface area contributed by atoms with Crippen LogP contribution in [0.3, 0.4) is 0 Å². The van der Waals surface area contributed by atoms with Gasteiger partial charge in [0.15, 0.2) is 5.78 Å². The molecule has 2 aromatic carbocycles. The zero-order chi connectivity index (χ0) is 15.1. The molecule has 110 valence electrons. The molecule has 0 aromatic heterocycles. The van der Waals surface area contributed by atoms with Crippen molar-refractivity contribution in [2.45, 2.75) is 20.3 Å². The first-order chi connectivity index (χ1) is 10.2. The van der Waals surface area contributed by atoms with E-state index >= 15 is 0 Å². The van der Waals surface area contributed by atoms with Gasteiger partial charge in [0.2, 0.25) is 0 Å². The fraction of sp³-hybridized carbons (Fsp3) is 0.278. The quantitative estimate of drug-likeness (QED) is 0.571. The molecule has 0 saturated carbocycles. The van der Waals surface area contributed by atoms with Crippen LogP contribution in [-0.2, 0) is 6.42 Å². The van der Waals surface area contributed by atoms with Gasteiger partial charge in [-0.15, -0.1) is 0 Å². The average molecular weight is 284 g/mol. The predicted molar refractivity (Wildman–Crippen MR) is 83.3 cm³/mol. The highest BCUT2D eigenvalue weighted by Crippen LogP contribution is 2.14. The summed E-state index contributed by atoms with van der Waals surface area (Å²) in [5.74, 6) is 1.65. The minimum absolute atomic E-state index is 0.0559. The molecule has 0 N–H and O–H groups in total. The van der Waals surface area contributed by atoms with Crippen LogP contribution in [0.1, 0.15) is 29.8 Å². The summed E-state index contributed by atoms with van der Waals surface area (Å²) in [6, 6.07) is 15.2. The van der Waals surface area contributed by atoms with Gasteiger partial charge in [0, 0.05) is 5.56 Å². The van der Waals surface area contributed by atoms with E-state index in [1.165, 1.54) is 5.56 Å². The molecule has 2 aromatic rings. The number of Topliss-reactive ketones (excluding diaryl/α,β-unsaturated/α-hetero) is 1. The highest BCUT2D eigenvalue weighted by molar-refractivity contribution is 5.94. The number of hydrogen-bond donors (Lipinski definition) is 0. The molecule has 0 aliphatic rings. The van der Waals surface area contributed by atoms with Gasteiger partial charge in [-0.2, -0.15) is 0 Å². The van der Waals surface area contributed by atoms with Crippen molar-refractivity contribution >= 4 is 5.78 Å². The van der Waals surface area contributed by atoms with Crippen molar-refractivity contribution in [2.75, 3.05) is 13.2 Å². The summed E-state index contributed by atoms with van der Waals surface area (Å²) < 4.78 is 11.2. The molecule has 2 rings (SSSR count). The molecule has 0 unspecified atom stereocenters. The van der Waals surface area contributed by atoms with Crippen molar-refractivity contribution in [1.29, 1.82) is 0 Å². The smallest absolute Gasteiger partial charge is 0.159 e. The molecule has 0 heterocycles. The molecular weight excluding hydrogens is 264 g/mol. The molecule has 0 radical (unpaired) electrons. The number of ketones is 1. The Labute approximate surface area is 125 Å². The van der Waals surface area contributed by atoms with E-state index in [9.17, 15) is 4.79 Å². The summed E-state index contributed by atoms with van der Waals surface area (Å²) >= 11 is 0. The van der Waals surface area contributed by atoms with Crippen LogP contribution in [0, 0.1) is 0 Å². The molecular formula is C18H20O3. The summed E-state index contributed by atoms with van der Waals surface area (Å²) in [4.78, 5) is 11.2. The summed E-state index contributed by atoms with van der Waals surface area (Å²) in [5, 5.41) is 0. The number of ether oxygens (including phenoxy) is 2. The second kappa shape index (κ2) is 7.48. The van der Waals surface area contributed by atoms with Crippen LogP contribution in [0.2, 0.25) is 0 Å². The van der Waals surface area contributed by atoms with Gasteiger partial charge in [0.25, 0.3) is 0 Å². The number of carbonyl (C=O) groups is 1. The number of hydrogen-bond acceptors (Lipinski definition) is 3. The van der Waals surface area contributed by atoms with Gasteiger partial charge in [0.1, 0.15) is 24.7 Å². The molecule has 0 bridgehead atoms. The minimum atomic E-state index is 0.0559. The topological polar surface area (TPSA) is 35.5 Å². The summed E-state index contributed by atoms with van der Waals surface area (Å²) in [6.45, 7) is 4.63. The molecule has 0 aliphatic carbocycles. The zero-order valence-corrected chi connectivity index (χ0v) is 12.5. The highest BCUT2D eigenvalue weighted by Gasteiger charge is 2.00. The molecule has 0 aliphatic heterocycles. The Morgan fingerprint density at radius 2 is 1.33 bits per heavy atom. The lowest BCUT2D eigenvalue weighted by atomic mass is 10.1. The zero-order valence-electron chi connectivity index (χ0n) is 12.5. The van der Waals surface area contributed by atoms with Crippen molar-refractivity contribution in [3.8, 4) is 11.5 Å². The van der Waals surface area contributed by atoms with Crippen molar-refractivity contribution in [2.24, 2.45) is 0 Å². The minimum Gasteiger partial charge on any atom is -0.490 e. The van der Waals surface area contributed by atoms with Crippen molar-refractivity contribution in [3.63, 3.8) is 0 Å². The second-order valence-corrected chi connectivity index (χ2v) is 4.77. The largest absolute Gasteiger partial charge is 0.490 e. The summed E-state index contributed by atoms with van der Waals surface area (Å²) in [7, 11) is 0. The maximum Gasteiger partial charge on any atom is 0.159 e. The maximum atomic E-state index is 11.2. The molecule has 0 fully saturated rings. The fourth-order valence-electron chi connectivity index (χ4n) is 1.93. The lowest BCUT2D eigenvalue weighted by Gasteiger charge is -2.09. The SMILES string of the molecule is CCc1ccc(OCCOc2ccc(C(C)=O)cc2)cc1. The molecule has 21 heavy (non-hydrogen) atoms. The Hall–Kier alpha value is -2.29. The predicted octanol–water partition coefficient (Wildman–Crippen LogP) is 3.91. The van der Waals surface area contributed by atoms with Crippen LogP contribution in [0.4, 0.5) is 0 Å². The van der Waals surface area contributed by atoms with Crippen molar-refractivity contribution in [1.82, 2.24) is 0 Å². The van der Waals surface area contributed by atoms with E-state index in [1.54, 1.807) is 31.2 Å². The third-order valence-corrected chi connectivity index (χ3v) is 3.21. The Kier molecular flexibility index (Phi) is 5.38. The number of carbonyl (C=O) groups excluding carboxylic acids is 1. The first-order valence-electron chi connectivity index (χ1n) is 7.14.